The van der Waals surface area contributed by atoms with Crippen molar-refractivity contribution in [1.29, 1.82) is 0 Å². The molecule has 0 bridgehead atoms. The van der Waals surface area contributed by atoms with E-state index in [1.165, 1.54) is 83.2 Å². The maximum Gasteiger partial charge on any atom is 0.0619 e. The van der Waals surface area contributed by atoms with Crippen molar-refractivity contribution in [3.05, 3.63) is 223 Å². The molecule has 0 saturated heterocycles. The SMILES string of the molecule is CC1(C)c2ccccc2-c2c(N(c3ccc(-c4ccccc4)cc3)c3c(-c4ccccc4)cc(-c4cccc5ccccc45)cc3-c3ccccc3)cccc21. The first-order valence-electron chi connectivity index (χ1n) is 19.5. The minimum Gasteiger partial charge on any atom is -0.309 e. The Morgan fingerprint density at radius 2 is 0.857 bits per heavy atom. The molecule has 0 saturated carbocycles. The molecule has 0 atom stereocenters. The second-order valence-electron chi connectivity index (χ2n) is 15.3. The summed E-state index contributed by atoms with van der Waals surface area (Å²) in [5.41, 5.74) is 18.0. The zero-order valence-electron chi connectivity index (χ0n) is 31.7. The van der Waals surface area contributed by atoms with Crippen LogP contribution in [0.2, 0.25) is 0 Å². The van der Waals surface area contributed by atoms with E-state index in [9.17, 15) is 0 Å². The van der Waals surface area contributed by atoms with Crippen molar-refractivity contribution in [2.24, 2.45) is 0 Å². The van der Waals surface area contributed by atoms with Crippen molar-refractivity contribution >= 4 is 27.8 Å². The Kier molecular flexibility index (Phi) is 8.23. The van der Waals surface area contributed by atoms with E-state index < -0.39 is 0 Å². The Labute approximate surface area is 329 Å². The van der Waals surface area contributed by atoms with E-state index >= 15 is 0 Å². The van der Waals surface area contributed by atoms with Crippen molar-refractivity contribution < 1.29 is 0 Å². The van der Waals surface area contributed by atoms with E-state index in [1.807, 2.05) is 0 Å². The van der Waals surface area contributed by atoms with Gasteiger partial charge >= 0.3 is 0 Å². The maximum absolute atomic E-state index is 2.54. The third-order valence-corrected chi connectivity index (χ3v) is 11.7. The number of benzene rings is 9. The summed E-state index contributed by atoms with van der Waals surface area (Å²) in [6.45, 7) is 4.73. The summed E-state index contributed by atoms with van der Waals surface area (Å²) in [6, 6.07) is 77.8. The Hall–Kier alpha value is -6.96. The standard InChI is InChI=1S/C55H41N/c1-55(2)50-29-15-14-27-47(50)53-51(55)30-17-31-52(53)56(44-34-32-39(33-35-44)38-18-6-3-7-19-38)54-48(41-20-8-4-9-21-41)36-43(37-49(54)42-22-10-5-11-23-42)46-28-16-25-40-24-12-13-26-45(40)46/h3-37H,1-2H3. The number of rotatable bonds is 7. The van der Waals surface area contributed by atoms with Crippen LogP contribution in [0.5, 0.6) is 0 Å². The summed E-state index contributed by atoms with van der Waals surface area (Å²) in [4.78, 5) is 2.54. The minimum atomic E-state index is -0.145. The molecular formula is C55H41N. The van der Waals surface area contributed by atoms with Crippen LogP contribution in [0.15, 0.2) is 212 Å². The van der Waals surface area contributed by atoms with E-state index in [-0.39, 0.29) is 5.41 Å². The molecule has 0 spiro atoms. The molecule has 9 aromatic carbocycles. The average Bonchev–Trinajstić information content (AvgIpc) is 3.51. The van der Waals surface area contributed by atoms with Gasteiger partial charge in [-0.25, -0.2) is 0 Å². The molecule has 0 aromatic heterocycles. The molecule has 0 N–H and O–H groups in total. The third kappa shape index (κ3) is 5.63. The predicted octanol–water partition coefficient (Wildman–Crippen LogP) is 15.3. The quantitative estimate of drug-likeness (QED) is 0.159. The highest BCUT2D eigenvalue weighted by Crippen LogP contribution is 2.56. The largest absolute Gasteiger partial charge is 0.309 e. The Morgan fingerprint density at radius 1 is 0.357 bits per heavy atom. The molecule has 0 amide bonds. The first-order valence-corrected chi connectivity index (χ1v) is 19.5. The smallest absolute Gasteiger partial charge is 0.0619 e. The summed E-state index contributed by atoms with van der Waals surface area (Å²) in [5.74, 6) is 0. The zero-order chi connectivity index (χ0) is 37.6. The van der Waals surface area contributed by atoms with Crippen LogP contribution in [0.4, 0.5) is 17.1 Å². The normalized spacial score (nSPS) is 12.6. The van der Waals surface area contributed by atoms with Crippen molar-refractivity contribution in [2.75, 3.05) is 4.90 Å². The van der Waals surface area contributed by atoms with E-state index in [0.29, 0.717) is 0 Å². The Bertz CT molecular complexity index is 2790. The van der Waals surface area contributed by atoms with Gasteiger partial charge in [-0.2, -0.15) is 0 Å². The molecule has 10 rings (SSSR count). The molecule has 0 heterocycles. The van der Waals surface area contributed by atoms with Crippen LogP contribution in [0.25, 0.3) is 66.4 Å². The van der Waals surface area contributed by atoms with Crippen LogP contribution in [0.1, 0.15) is 25.0 Å². The molecular weight excluding hydrogens is 675 g/mol. The molecule has 56 heavy (non-hydrogen) atoms. The van der Waals surface area contributed by atoms with Gasteiger partial charge in [0.2, 0.25) is 0 Å². The number of fused-ring (bicyclic) bond motifs is 4. The Balaban J connectivity index is 1.33. The summed E-state index contributed by atoms with van der Waals surface area (Å²) < 4.78 is 0. The van der Waals surface area contributed by atoms with Crippen LogP contribution in [0.3, 0.4) is 0 Å². The lowest BCUT2D eigenvalue weighted by atomic mass is 9.82. The lowest BCUT2D eigenvalue weighted by molar-refractivity contribution is 0.660. The molecule has 9 aromatic rings. The lowest BCUT2D eigenvalue weighted by Crippen LogP contribution is -2.16. The predicted molar refractivity (Wildman–Crippen MR) is 238 cm³/mol. The first-order chi connectivity index (χ1) is 27.6. The second-order valence-corrected chi connectivity index (χ2v) is 15.3. The number of nitrogens with zero attached hydrogens (tertiary/aromatic N) is 1. The summed E-state index contributed by atoms with van der Waals surface area (Å²) >= 11 is 0. The highest BCUT2D eigenvalue weighted by atomic mass is 15.2. The number of hydrogen-bond donors (Lipinski definition) is 0. The van der Waals surface area contributed by atoms with Gasteiger partial charge in [-0.05, 0) is 91.2 Å². The van der Waals surface area contributed by atoms with Gasteiger partial charge in [0, 0.05) is 27.8 Å². The average molecular weight is 716 g/mol. The van der Waals surface area contributed by atoms with E-state index in [1.54, 1.807) is 0 Å². The van der Waals surface area contributed by atoms with E-state index in [2.05, 4.69) is 231 Å². The highest BCUT2D eigenvalue weighted by Gasteiger charge is 2.38. The molecule has 1 aliphatic rings. The van der Waals surface area contributed by atoms with Crippen molar-refractivity contribution in [3.63, 3.8) is 0 Å². The van der Waals surface area contributed by atoms with Crippen LogP contribution in [0, 0.1) is 0 Å². The number of hydrogen-bond acceptors (Lipinski definition) is 1. The maximum atomic E-state index is 2.54. The van der Waals surface area contributed by atoms with Gasteiger partial charge < -0.3 is 4.90 Å². The van der Waals surface area contributed by atoms with Gasteiger partial charge in [-0.15, -0.1) is 0 Å². The minimum absolute atomic E-state index is 0.145. The lowest BCUT2D eigenvalue weighted by Gasteiger charge is -2.33. The molecule has 0 unspecified atom stereocenters. The van der Waals surface area contributed by atoms with Crippen molar-refractivity contribution in [1.82, 2.24) is 0 Å². The van der Waals surface area contributed by atoms with E-state index in [4.69, 9.17) is 0 Å². The molecule has 0 aliphatic heterocycles. The highest BCUT2D eigenvalue weighted by molar-refractivity contribution is 6.06. The fraction of sp³-hybridized carbons (Fsp3) is 0.0545. The van der Waals surface area contributed by atoms with Gasteiger partial charge in [0.05, 0.1) is 11.4 Å². The van der Waals surface area contributed by atoms with Crippen LogP contribution in [-0.2, 0) is 5.41 Å². The monoisotopic (exact) mass is 715 g/mol. The summed E-state index contributed by atoms with van der Waals surface area (Å²) in [5, 5.41) is 2.48. The van der Waals surface area contributed by atoms with Gasteiger partial charge in [-0.1, -0.05) is 196 Å². The van der Waals surface area contributed by atoms with Gasteiger partial charge in [0.1, 0.15) is 0 Å². The fourth-order valence-corrected chi connectivity index (χ4v) is 8.93. The molecule has 0 fully saturated rings. The molecule has 0 radical (unpaired) electrons. The topological polar surface area (TPSA) is 3.24 Å². The van der Waals surface area contributed by atoms with Crippen LogP contribution in [-0.4, -0.2) is 0 Å². The number of anilines is 3. The van der Waals surface area contributed by atoms with Gasteiger partial charge in [-0.3, -0.25) is 0 Å². The van der Waals surface area contributed by atoms with E-state index in [0.717, 1.165) is 11.4 Å². The third-order valence-electron chi connectivity index (χ3n) is 11.7. The van der Waals surface area contributed by atoms with Crippen molar-refractivity contribution in [3.8, 4) is 55.6 Å². The summed E-state index contributed by atoms with van der Waals surface area (Å²) in [6.07, 6.45) is 0. The summed E-state index contributed by atoms with van der Waals surface area (Å²) in [7, 11) is 0. The molecule has 266 valence electrons. The zero-order valence-corrected chi connectivity index (χ0v) is 31.7. The molecule has 1 heteroatoms. The van der Waals surface area contributed by atoms with Gasteiger partial charge in [0.25, 0.3) is 0 Å². The van der Waals surface area contributed by atoms with Gasteiger partial charge in [0.15, 0.2) is 0 Å². The molecule has 1 nitrogen and oxygen atoms in total. The Morgan fingerprint density at radius 3 is 1.54 bits per heavy atom. The molecule has 1 aliphatic carbocycles. The van der Waals surface area contributed by atoms with Crippen LogP contribution < -0.4 is 4.90 Å². The van der Waals surface area contributed by atoms with Crippen molar-refractivity contribution in [2.45, 2.75) is 19.3 Å². The van der Waals surface area contributed by atoms with Crippen LogP contribution >= 0.6 is 0 Å². The second kappa shape index (κ2) is 13.7. The fourth-order valence-electron chi connectivity index (χ4n) is 8.93. The first kappa shape index (κ1) is 33.6.